The predicted molar refractivity (Wildman–Crippen MR) is 38.0 cm³/mol. The van der Waals surface area contributed by atoms with Crippen molar-refractivity contribution in [2.75, 3.05) is 0 Å². The summed E-state index contributed by atoms with van der Waals surface area (Å²) in [6.07, 6.45) is 2.51. The molecule has 11 heavy (non-hydrogen) atoms. The lowest BCUT2D eigenvalue weighted by Crippen LogP contribution is -1.90. The Morgan fingerprint density at radius 1 is 1.55 bits per heavy atom. The molecule has 0 aliphatic carbocycles. The van der Waals surface area contributed by atoms with E-state index >= 15 is 0 Å². The SMILES string of the molecule is Fc1cnn2c(Cl)ccnc12. The lowest BCUT2D eigenvalue weighted by Gasteiger charge is -1.92. The van der Waals surface area contributed by atoms with Crippen molar-refractivity contribution in [2.24, 2.45) is 0 Å². The van der Waals surface area contributed by atoms with Gasteiger partial charge in [-0.3, -0.25) is 0 Å². The molecular formula is C6H3ClFN3. The third-order valence-electron chi connectivity index (χ3n) is 1.31. The van der Waals surface area contributed by atoms with Crippen molar-refractivity contribution >= 4 is 17.2 Å². The van der Waals surface area contributed by atoms with Crippen molar-refractivity contribution in [3.63, 3.8) is 0 Å². The number of aromatic nitrogens is 3. The molecule has 0 aliphatic heterocycles. The Hall–Kier alpha value is -1.16. The Morgan fingerprint density at radius 3 is 3.09 bits per heavy atom. The summed E-state index contributed by atoms with van der Waals surface area (Å²) in [6.45, 7) is 0. The van der Waals surface area contributed by atoms with Gasteiger partial charge in [-0.1, -0.05) is 11.6 Å². The summed E-state index contributed by atoms with van der Waals surface area (Å²) in [6, 6.07) is 1.54. The molecule has 0 saturated heterocycles. The molecule has 56 valence electrons. The molecule has 0 aromatic carbocycles. The van der Waals surface area contributed by atoms with Gasteiger partial charge in [0.2, 0.25) is 0 Å². The first-order chi connectivity index (χ1) is 5.29. The molecule has 2 aromatic heterocycles. The van der Waals surface area contributed by atoms with E-state index in [2.05, 4.69) is 10.1 Å². The van der Waals surface area contributed by atoms with Crippen LogP contribution in [0.2, 0.25) is 5.15 Å². The Bertz CT molecular complexity index is 398. The van der Waals surface area contributed by atoms with Gasteiger partial charge in [-0.05, 0) is 6.07 Å². The molecule has 0 bridgehead atoms. The zero-order chi connectivity index (χ0) is 7.84. The van der Waals surface area contributed by atoms with E-state index < -0.39 is 5.82 Å². The van der Waals surface area contributed by atoms with Gasteiger partial charge in [-0.25, -0.2) is 13.9 Å². The van der Waals surface area contributed by atoms with E-state index in [1.165, 1.54) is 10.7 Å². The first-order valence-electron chi connectivity index (χ1n) is 2.93. The fourth-order valence-electron chi connectivity index (χ4n) is 0.835. The molecule has 0 radical (unpaired) electrons. The monoisotopic (exact) mass is 171 g/mol. The van der Waals surface area contributed by atoms with E-state index in [0.717, 1.165) is 6.20 Å². The van der Waals surface area contributed by atoms with Crippen molar-refractivity contribution < 1.29 is 4.39 Å². The fourth-order valence-corrected chi connectivity index (χ4v) is 1.01. The van der Waals surface area contributed by atoms with Crippen LogP contribution in [0.15, 0.2) is 18.5 Å². The van der Waals surface area contributed by atoms with Crippen LogP contribution in [0.1, 0.15) is 0 Å². The van der Waals surface area contributed by atoms with E-state index in [0.29, 0.717) is 5.15 Å². The smallest absolute Gasteiger partial charge is 0.192 e. The third kappa shape index (κ3) is 0.867. The van der Waals surface area contributed by atoms with E-state index in [9.17, 15) is 4.39 Å². The fraction of sp³-hybridized carbons (Fsp3) is 0. The normalized spacial score (nSPS) is 10.7. The summed E-state index contributed by atoms with van der Waals surface area (Å²) in [7, 11) is 0. The van der Waals surface area contributed by atoms with Crippen LogP contribution < -0.4 is 0 Å². The average molecular weight is 172 g/mol. The van der Waals surface area contributed by atoms with Crippen LogP contribution in [0.4, 0.5) is 4.39 Å². The van der Waals surface area contributed by atoms with Gasteiger partial charge >= 0.3 is 0 Å². The molecule has 0 unspecified atom stereocenters. The van der Waals surface area contributed by atoms with Crippen LogP contribution in [-0.4, -0.2) is 14.6 Å². The molecule has 0 fully saturated rings. The Balaban J connectivity index is 2.94. The second kappa shape index (κ2) is 2.17. The topological polar surface area (TPSA) is 30.2 Å². The minimum atomic E-state index is -0.465. The summed E-state index contributed by atoms with van der Waals surface area (Å²) in [5.41, 5.74) is 0.150. The van der Waals surface area contributed by atoms with Gasteiger partial charge in [0.25, 0.3) is 0 Å². The van der Waals surface area contributed by atoms with Gasteiger partial charge in [0.1, 0.15) is 5.15 Å². The van der Waals surface area contributed by atoms with Gasteiger partial charge in [0.15, 0.2) is 11.5 Å². The van der Waals surface area contributed by atoms with Crippen LogP contribution in [0.3, 0.4) is 0 Å². The molecule has 0 atom stereocenters. The van der Waals surface area contributed by atoms with Crippen LogP contribution in [0, 0.1) is 5.82 Å². The number of rotatable bonds is 0. The minimum absolute atomic E-state index is 0.150. The first-order valence-corrected chi connectivity index (χ1v) is 3.30. The Kier molecular flexibility index (Phi) is 1.29. The Morgan fingerprint density at radius 2 is 2.36 bits per heavy atom. The van der Waals surface area contributed by atoms with E-state index in [1.807, 2.05) is 0 Å². The van der Waals surface area contributed by atoms with Crippen molar-refractivity contribution in [3.8, 4) is 0 Å². The highest BCUT2D eigenvalue weighted by atomic mass is 35.5. The molecule has 0 saturated carbocycles. The van der Waals surface area contributed by atoms with Gasteiger partial charge in [-0.2, -0.15) is 5.10 Å². The highest BCUT2D eigenvalue weighted by Gasteiger charge is 2.04. The van der Waals surface area contributed by atoms with Gasteiger partial charge in [-0.15, -0.1) is 0 Å². The predicted octanol–water partition coefficient (Wildman–Crippen LogP) is 1.52. The van der Waals surface area contributed by atoms with Gasteiger partial charge < -0.3 is 0 Å². The third-order valence-corrected chi connectivity index (χ3v) is 1.60. The highest BCUT2D eigenvalue weighted by Crippen LogP contribution is 2.11. The van der Waals surface area contributed by atoms with Gasteiger partial charge in [0.05, 0.1) is 6.20 Å². The van der Waals surface area contributed by atoms with Crippen LogP contribution in [0.5, 0.6) is 0 Å². The lowest BCUT2D eigenvalue weighted by atomic mass is 10.6. The number of halogens is 2. The van der Waals surface area contributed by atoms with Crippen LogP contribution in [-0.2, 0) is 0 Å². The van der Waals surface area contributed by atoms with Crippen LogP contribution in [0.25, 0.3) is 5.65 Å². The highest BCUT2D eigenvalue weighted by molar-refractivity contribution is 6.29. The summed E-state index contributed by atoms with van der Waals surface area (Å²) < 4.78 is 14.0. The molecule has 2 rings (SSSR count). The molecule has 0 N–H and O–H groups in total. The second-order valence-corrected chi connectivity index (χ2v) is 2.38. The summed E-state index contributed by atoms with van der Waals surface area (Å²) in [5.74, 6) is -0.465. The molecule has 3 nitrogen and oxygen atoms in total. The second-order valence-electron chi connectivity index (χ2n) is 2.00. The molecular weight excluding hydrogens is 169 g/mol. The molecule has 0 spiro atoms. The number of fused-ring (bicyclic) bond motifs is 1. The zero-order valence-corrected chi connectivity index (χ0v) is 6.09. The van der Waals surface area contributed by atoms with Crippen molar-refractivity contribution in [2.45, 2.75) is 0 Å². The van der Waals surface area contributed by atoms with Crippen LogP contribution >= 0.6 is 11.6 Å². The number of nitrogens with zero attached hydrogens (tertiary/aromatic N) is 3. The zero-order valence-electron chi connectivity index (χ0n) is 5.33. The standard InChI is InChI=1S/C6H3ClFN3/c7-5-1-2-9-6-4(8)3-10-11(5)6/h1-3H. The minimum Gasteiger partial charge on any atom is -0.234 e. The molecule has 5 heteroatoms. The maximum Gasteiger partial charge on any atom is 0.192 e. The maximum absolute atomic E-state index is 12.7. The average Bonchev–Trinajstić information content (AvgIpc) is 2.35. The summed E-state index contributed by atoms with van der Waals surface area (Å²) >= 11 is 5.66. The van der Waals surface area contributed by atoms with E-state index in [4.69, 9.17) is 11.6 Å². The van der Waals surface area contributed by atoms with Crippen molar-refractivity contribution in [1.82, 2.24) is 14.6 Å². The molecule has 0 amide bonds. The molecule has 2 aromatic rings. The Labute approximate surface area is 66.4 Å². The molecule has 0 aliphatic rings. The number of hydrogen-bond acceptors (Lipinski definition) is 2. The van der Waals surface area contributed by atoms with E-state index in [1.54, 1.807) is 6.07 Å². The largest absolute Gasteiger partial charge is 0.234 e. The lowest BCUT2D eigenvalue weighted by molar-refractivity contribution is 0.636. The summed E-state index contributed by atoms with van der Waals surface area (Å²) in [5, 5.41) is 4.01. The number of hydrogen-bond donors (Lipinski definition) is 0. The first kappa shape index (κ1) is 6.54. The molecule has 2 heterocycles. The van der Waals surface area contributed by atoms with Crippen molar-refractivity contribution in [1.29, 1.82) is 0 Å². The summed E-state index contributed by atoms with van der Waals surface area (Å²) in [4.78, 5) is 3.74. The van der Waals surface area contributed by atoms with Crippen molar-refractivity contribution in [3.05, 3.63) is 29.4 Å². The quantitative estimate of drug-likeness (QED) is 0.563. The maximum atomic E-state index is 12.7. The van der Waals surface area contributed by atoms with E-state index in [-0.39, 0.29) is 5.65 Å². The van der Waals surface area contributed by atoms with Gasteiger partial charge in [0, 0.05) is 6.20 Å².